The molecule has 1 aromatic carbocycles. The maximum atomic E-state index is 10.7. The lowest BCUT2D eigenvalue weighted by atomic mass is 10.1. The fraction of sp³-hybridized carbons (Fsp3) is 0.267. The molecule has 0 spiro atoms. The Labute approximate surface area is 132 Å². The minimum absolute atomic E-state index is 0.0226. The molecule has 0 aliphatic heterocycles. The maximum Gasteiger partial charge on any atom is 0.270 e. The molecule has 0 bridgehead atoms. The molecule has 0 atom stereocenters. The Morgan fingerprint density at radius 2 is 2.35 bits per heavy atom. The van der Waals surface area contributed by atoms with Gasteiger partial charge >= 0.3 is 0 Å². The lowest BCUT2D eigenvalue weighted by Gasteiger charge is -1.98. The Hall–Kier alpha value is -3.21. The lowest BCUT2D eigenvalue weighted by Crippen LogP contribution is -1.93. The number of aromatic nitrogens is 1. The van der Waals surface area contributed by atoms with E-state index in [9.17, 15) is 10.1 Å². The number of benzene rings is 1. The van der Waals surface area contributed by atoms with Crippen molar-refractivity contribution >= 4 is 17.8 Å². The molecule has 0 saturated heterocycles. The molecule has 0 unspecified atom stereocenters. The third-order valence-electron chi connectivity index (χ3n) is 2.82. The minimum atomic E-state index is -0.479. The predicted molar refractivity (Wildman–Crippen MR) is 84.1 cm³/mol. The Balaban J connectivity index is 2.11. The molecule has 8 nitrogen and oxygen atoms in total. The van der Waals surface area contributed by atoms with E-state index in [1.807, 2.05) is 19.9 Å². The summed E-state index contributed by atoms with van der Waals surface area (Å²) in [4.78, 5) is 14.3. The van der Waals surface area contributed by atoms with Crippen LogP contribution >= 0.6 is 0 Å². The van der Waals surface area contributed by atoms with Crippen LogP contribution in [0.3, 0.4) is 0 Å². The fourth-order valence-electron chi connectivity index (χ4n) is 1.84. The maximum absolute atomic E-state index is 10.7. The number of rotatable bonds is 6. The third-order valence-corrected chi connectivity index (χ3v) is 2.82. The number of nitriles is 1. The summed E-state index contributed by atoms with van der Waals surface area (Å²) in [5, 5.41) is 23.7. The molecule has 118 valence electrons. The Morgan fingerprint density at radius 1 is 1.57 bits per heavy atom. The standard InChI is InChI=1S/C15H15N5O3/c1-10(2)6-14-18-13(8-16)15(23-14)19-17-9-11-4-3-5-12(7-11)20(21)22/h3-5,7,9-10,19H,6H2,1-2H3. The smallest absolute Gasteiger partial charge is 0.270 e. The average Bonchev–Trinajstić information content (AvgIpc) is 2.88. The van der Waals surface area contributed by atoms with Crippen LogP contribution in [0.4, 0.5) is 11.6 Å². The van der Waals surface area contributed by atoms with E-state index < -0.39 is 4.92 Å². The number of anilines is 1. The molecule has 1 aromatic heterocycles. The molecule has 0 saturated carbocycles. The van der Waals surface area contributed by atoms with Gasteiger partial charge in [0.1, 0.15) is 6.07 Å². The van der Waals surface area contributed by atoms with Gasteiger partial charge in [-0.2, -0.15) is 10.4 Å². The number of hydrazone groups is 1. The van der Waals surface area contributed by atoms with Crippen molar-refractivity contribution in [2.24, 2.45) is 11.0 Å². The summed E-state index contributed by atoms with van der Waals surface area (Å²) >= 11 is 0. The summed E-state index contributed by atoms with van der Waals surface area (Å²) in [5.41, 5.74) is 3.25. The zero-order valence-electron chi connectivity index (χ0n) is 12.7. The zero-order chi connectivity index (χ0) is 16.8. The lowest BCUT2D eigenvalue weighted by molar-refractivity contribution is -0.384. The average molecular weight is 313 g/mol. The van der Waals surface area contributed by atoms with E-state index in [0.29, 0.717) is 23.8 Å². The van der Waals surface area contributed by atoms with Gasteiger partial charge in [-0.1, -0.05) is 26.0 Å². The van der Waals surface area contributed by atoms with Gasteiger partial charge < -0.3 is 4.42 Å². The molecule has 0 aliphatic carbocycles. The number of hydrogen-bond donors (Lipinski definition) is 1. The van der Waals surface area contributed by atoms with E-state index in [4.69, 9.17) is 9.68 Å². The second-order valence-electron chi connectivity index (χ2n) is 5.22. The number of nitro groups is 1. The van der Waals surface area contributed by atoms with Gasteiger partial charge in [-0.25, -0.2) is 10.4 Å². The summed E-state index contributed by atoms with van der Waals surface area (Å²) < 4.78 is 5.45. The van der Waals surface area contributed by atoms with E-state index in [-0.39, 0.29) is 17.3 Å². The van der Waals surface area contributed by atoms with Gasteiger partial charge in [0.15, 0.2) is 5.89 Å². The van der Waals surface area contributed by atoms with E-state index in [0.717, 1.165) is 0 Å². The number of oxazole rings is 1. The first-order valence-corrected chi connectivity index (χ1v) is 6.93. The summed E-state index contributed by atoms with van der Waals surface area (Å²) in [6.45, 7) is 4.04. The van der Waals surface area contributed by atoms with Gasteiger partial charge in [-0.3, -0.25) is 10.1 Å². The summed E-state index contributed by atoms with van der Waals surface area (Å²) in [6.07, 6.45) is 2.02. The molecule has 23 heavy (non-hydrogen) atoms. The number of hydrogen-bond acceptors (Lipinski definition) is 7. The van der Waals surface area contributed by atoms with Crippen molar-refractivity contribution in [2.45, 2.75) is 20.3 Å². The number of nitrogens with one attached hydrogen (secondary N) is 1. The Bertz CT molecular complexity index is 774. The molecule has 0 fully saturated rings. The van der Waals surface area contributed by atoms with Gasteiger partial charge in [0.25, 0.3) is 11.6 Å². The van der Waals surface area contributed by atoms with E-state index in [2.05, 4.69) is 15.5 Å². The number of nitrogens with zero attached hydrogens (tertiary/aromatic N) is 4. The SMILES string of the molecule is CC(C)Cc1nc(C#N)c(NN=Cc2cccc([N+](=O)[O-])c2)o1. The molecular formula is C15H15N5O3. The molecule has 2 aromatic rings. The zero-order valence-corrected chi connectivity index (χ0v) is 12.7. The predicted octanol–water partition coefficient (Wildman–Crippen LogP) is 3.10. The van der Waals surface area contributed by atoms with Crippen LogP contribution in [0.15, 0.2) is 33.8 Å². The van der Waals surface area contributed by atoms with Gasteiger partial charge in [-0.05, 0) is 5.92 Å². The van der Waals surface area contributed by atoms with Crippen molar-refractivity contribution in [1.29, 1.82) is 5.26 Å². The third kappa shape index (κ3) is 4.38. The van der Waals surface area contributed by atoms with E-state index >= 15 is 0 Å². The van der Waals surface area contributed by atoms with Crippen LogP contribution in [0.1, 0.15) is 31.0 Å². The largest absolute Gasteiger partial charge is 0.422 e. The van der Waals surface area contributed by atoms with Crippen LogP contribution in [-0.4, -0.2) is 16.1 Å². The highest BCUT2D eigenvalue weighted by Gasteiger charge is 2.13. The van der Waals surface area contributed by atoms with Crippen LogP contribution in [0.25, 0.3) is 0 Å². The quantitative estimate of drug-likeness (QED) is 0.497. The second kappa shape index (κ2) is 7.17. The second-order valence-corrected chi connectivity index (χ2v) is 5.22. The van der Waals surface area contributed by atoms with Crippen molar-refractivity contribution in [3.63, 3.8) is 0 Å². The van der Waals surface area contributed by atoms with E-state index in [1.54, 1.807) is 12.1 Å². The summed E-state index contributed by atoms with van der Waals surface area (Å²) in [6, 6.07) is 7.96. The highest BCUT2D eigenvalue weighted by molar-refractivity contribution is 5.81. The number of nitro benzene ring substituents is 1. The first-order chi connectivity index (χ1) is 11.0. The van der Waals surface area contributed by atoms with Crippen molar-refractivity contribution in [1.82, 2.24) is 4.98 Å². The molecule has 0 radical (unpaired) electrons. The van der Waals surface area contributed by atoms with Crippen molar-refractivity contribution in [3.05, 3.63) is 51.5 Å². The van der Waals surface area contributed by atoms with Gasteiger partial charge in [0.2, 0.25) is 5.69 Å². The highest BCUT2D eigenvalue weighted by atomic mass is 16.6. The highest BCUT2D eigenvalue weighted by Crippen LogP contribution is 2.19. The normalized spacial score (nSPS) is 10.9. The van der Waals surface area contributed by atoms with Gasteiger partial charge in [-0.15, -0.1) is 0 Å². The van der Waals surface area contributed by atoms with Crippen LogP contribution in [0, 0.1) is 27.4 Å². The van der Waals surface area contributed by atoms with Gasteiger partial charge in [0.05, 0.1) is 11.1 Å². The van der Waals surface area contributed by atoms with E-state index in [1.165, 1.54) is 18.3 Å². The van der Waals surface area contributed by atoms with Gasteiger partial charge in [0, 0.05) is 24.1 Å². The molecular weight excluding hydrogens is 298 g/mol. The minimum Gasteiger partial charge on any atom is -0.422 e. The first kappa shape index (κ1) is 16.2. The van der Waals surface area contributed by atoms with Crippen molar-refractivity contribution < 1.29 is 9.34 Å². The Kier molecular flexibility index (Phi) is 5.04. The fourth-order valence-corrected chi connectivity index (χ4v) is 1.84. The van der Waals surface area contributed by atoms with Crippen molar-refractivity contribution in [2.75, 3.05) is 5.43 Å². The molecule has 2 rings (SSSR count). The molecule has 0 amide bonds. The van der Waals surface area contributed by atoms with Crippen LogP contribution < -0.4 is 5.43 Å². The topological polar surface area (TPSA) is 117 Å². The van der Waals surface area contributed by atoms with Crippen molar-refractivity contribution in [3.8, 4) is 6.07 Å². The van der Waals surface area contributed by atoms with Crippen LogP contribution in [0.2, 0.25) is 0 Å². The monoisotopic (exact) mass is 313 g/mol. The molecule has 1 N–H and O–H groups in total. The molecule has 0 aliphatic rings. The number of non-ortho nitro benzene ring substituents is 1. The Morgan fingerprint density at radius 3 is 3.00 bits per heavy atom. The molecule has 8 heteroatoms. The summed E-state index contributed by atoms with van der Waals surface area (Å²) in [7, 11) is 0. The van der Waals surface area contributed by atoms with Crippen LogP contribution in [0.5, 0.6) is 0 Å². The molecule has 1 heterocycles. The van der Waals surface area contributed by atoms with Crippen LogP contribution in [-0.2, 0) is 6.42 Å². The first-order valence-electron chi connectivity index (χ1n) is 6.93. The summed E-state index contributed by atoms with van der Waals surface area (Å²) in [5.74, 6) is 0.968.